The van der Waals surface area contributed by atoms with E-state index < -0.39 is 10.0 Å². The van der Waals surface area contributed by atoms with Gasteiger partial charge in [-0.05, 0) is 73.5 Å². The predicted molar refractivity (Wildman–Crippen MR) is 130 cm³/mol. The van der Waals surface area contributed by atoms with Crippen LogP contribution in [0.1, 0.15) is 19.3 Å². The van der Waals surface area contributed by atoms with Crippen molar-refractivity contribution in [3.8, 4) is 0 Å². The highest BCUT2D eigenvalue weighted by Crippen LogP contribution is 2.35. The van der Waals surface area contributed by atoms with Crippen molar-refractivity contribution in [3.63, 3.8) is 0 Å². The summed E-state index contributed by atoms with van der Waals surface area (Å²) in [7, 11) is -3.46. The highest BCUT2D eigenvalue weighted by atomic mass is 32.2. The van der Waals surface area contributed by atoms with Gasteiger partial charge < -0.3 is 16.8 Å². The van der Waals surface area contributed by atoms with E-state index in [0.717, 1.165) is 52.4 Å². The zero-order valence-corrected chi connectivity index (χ0v) is 18.4. The maximum absolute atomic E-state index is 12.9. The van der Waals surface area contributed by atoms with Gasteiger partial charge in [-0.2, -0.15) is 4.31 Å². The molecule has 3 aromatic carbocycles. The molecule has 1 aromatic heterocycles. The summed E-state index contributed by atoms with van der Waals surface area (Å²) < 4.78 is 27.5. The summed E-state index contributed by atoms with van der Waals surface area (Å²) in [5, 5.41) is 5.29. The Morgan fingerprint density at radius 2 is 1.34 bits per heavy atom. The second kappa shape index (κ2) is 7.96. The van der Waals surface area contributed by atoms with Gasteiger partial charge in [-0.1, -0.05) is 6.42 Å². The van der Waals surface area contributed by atoms with Crippen LogP contribution in [0.5, 0.6) is 0 Å². The molecule has 32 heavy (non-hydrogen) atoms. The van der Waals surface area contributed by atoms with Crippen molar-refractivity contribution in [3.05, 3.63) is 60.7 Å². The third-order valence-electron chi connectivity index (χ3n) is 5.90. The first-order valence-corrected chi connectivity index (χ1v) is 12.1. The van der Waals surface area contributed by atoms with Gasteiger partial charge in [0.25, 0.3) is 0 Å². The average molecular weight is 448 g/mol. The average Bonchev–Trinajstić information content (AvgIpc) is 2.79. The normalized spacial score (nSPS) is 15.2. The summed E-state index contributed by atoms with van der Waals surface area (Å²) >= 11 is 0. The SMILES string of the molecule is Nc1ccc2c(Nc3ccc(S(=O)(=O)N4CCCCC4)cc3)c3ccc(N)cc3nc2c1. The highest BCUT2D eigenvalue weighted by molar-refractivity contribution is 7.89. The lowest BCUT2D eigenvalue weighted by atomic mass is 10.1. The molecule has 164 valence electrons. The minimum absolute atomic E-state index is 0.315. The number of fused-ring (bicyclic) bond motifs is 2. The first-order chi connectivity index (χ1) is 15.4. The smallest absolute Gasteiger partial charge is 0.243 e. The minimum atomic E-state index is -3.46. The fourth-order valence-corrected chi connectivity index (χ4v) is 5.74. The molecule has 1 saturated heterocycles. The molecule has 0 atom stereocenters. The second-order valence-corrected chi connectivity index (χ2v) is 10.1. The maximum atomic E-state index is 12.9. The summed E-state index contributed by atoms with van der Waals surface area (Å²) in [6.45, 7) is 1.17. The number of anilines is 4. The van der Waals surface area contributed by atoms with E-state index in [4.69, 9.17) is 16.5 Å². The molecule has 0 radical (unpaired) electrons. The topological polar surface area (TPSA) is 114 Å². The van der Waals surface area contributed by atoms with Gasteiger partial charge in [0.1, 0.15) is 0 Å². The molecule has 0 aliphatic carbocycles. The molecule has 8 heteroatoms. The quantitative estimate of drug-likeness (QED) is 0.314. The molecular weight excluding hydrogens is 422 g/mol. The number of aromatic nitrogens is 1. The first kappa shape index (κ1) is 20.5. The minimum Gasteiger partial charge on any atom is -0.399 e. The largest absolute Gasteiger partial charge is 0.399 e. The number of piperidine rings is 1. The Labute approximate surface area is 187 Å². The summed E-state index contributed by atoms with van der Waals surface area (Å²) in [5.74, 6) is 0. The van der Waals surface area contributed by atoms with Crippen molar-refractivity contribution >= 4 is 54.6 Å². The van der Waals surface area contributed by atoms with E-state index in [2.05, 4.69) is 5.32 Å². The van der Waals surface area contributed by atoms with Crippen LogP contribution in [-0.4, -0.2) is 30.8 Å². The van der Waals surface area contributed by atoms with Gasteiger partial charge in [-0.25, -0.2) is 13.4 Å². The molecule has 5 rings (SSSR count). The zero-order chi connectivity index (χ0) is 22.3. The molecular formula is C24H25N5O2S. The number of pyridine rings is 1. The molecule has 4 aromatic rings. The van der Waals surface area contributed by atoms with Crippen molar-refractivity contribution in [2.75, 3.05) is 29.9 Å². The van der Waals surface area contributed by atoms with Crippen LogP contribution in [0.2, 0.25) is 0 Å². The molecule has 1 aliphatic heterocycles. The Hall–Kier alpha value is -3.36. The summed E-state index contributed by atoms with van der Waals surface area (Å²) in [6.07, 6.45) is 2.91. The number of nitrogens with one attached hydrogen (secondary N) is 1. The Morgan fingerprint density at radius 3 is 1.91 bits per heavy atom. The number of nitrogen functional groups attached to an aromatic ring is 2. The van der Waals surface area contributed by atoms with Crippen LogP contribution < -0.4 is 16.8 Å². The number of hydrogen-bond donors (Lipinski definition) is 3. The lowest BCUT2D eigenvalue weighted by Gasteiger charge is -2.26. The number of benzene rings is 3. The van der Waals surface area contributed by atoms with Crippen molar-refractivity contribution in [1.29, 1.82) is 0 Å². The van der Waals surface area contributed by atoms with Gasteiger partial charge in [0.2, 0.25) is 10.0 Å². The van der Waals surface area contributed by atoms with Crippen molar-refractivity contribution in [2.24, 2.45) is 0 Å². The van der Waals surface area contributed by atoms with Gasteiger partial charge in [0, 0.05) is 40.9 Å². The Balaban J connectivity index is 1.54. The number of hydrogen-bond acceptors (Lipinski definition) is 6. The Morgan fingerprint density at radius 1 is 0.781 bits per heavy atom. The molecule has 0 unspecified atom stereocenters. The molecule has 5 N–H and O–H groups in total. The molecule has 1 fully saturated rings. The van der Waals surface area contributed by atoms with Crippen molar-refractivity contribution in [2.45, 2.75) is 24.2 Å². The molecule has 1 aliphatic rings. The predicted octanol–water partition coefficient (Wildman–Crippen LogP) is 4.47. The lowest BCUT2D eigenvalue weighted by molar-refractivity contribution is 0.346. The van der Waals surface area contributed by atoms with Crippen LogP contribution in [0.25, 0.3) is 21.8 Å². The van der Waals surface area contributed by atoms with Gasteiger partial charge in [-0.15, -0.1) is 0 Å². The van der Waals surface area contributed by atoms with E-state index in [1.807, 2.05) is 36.4 Å². The van der Waals surface area contributed by atoms with Crippen LogP contribution in [0.15, 0.2) is 65.6 Å². The monoisotopic (exact) mass is 447 g/mol. The molecule has 0 bridgehead atoms. The van der Waals surface area contributed by atoms with Gasteiger partial charge in [0.05, 0.1) is 21.6 Å². The van der Waals surface area contributed by atoms with E-state index in [1.54, 1.807) is 28.6 Å². The highest BCUT2D eigenvalue weighted by Gasteiger charge is 2.25. The van der Waals surface area contributed by atoms with Gasteiger partial charge in [-0.3, -0.25) is 0 Å². The number of nitrogens with two attached hydrogens (primary N) is 2. The molecule has 7 nitrogen and oxygen atoms in total. The zero-order valence-electron chi connectivity index (χ0n) is 17.6. The lowest BCUT2D eigenvalue weighted by Crippen LogP contribution is -2.35. The third-order valence-corrected chi connectivity index (χ3v) is 7.81. The maximum Gasteiger partial charge on any atom is 0.243 e. The fourth-order valence-electron chi connectivity index (χ4n) is 4.22. The molecule has 0 saturated carbocycles. The summed E-state index contributed by atoms with van der Waals surface area (Å²) in [5.41, 5.74) is 16.4. The molecule has 0 spiro atoms. The van der Waals surface area contributed by atoms with E-state index in [-0.39, 0.29) is 0 Å². The van der Waals surface area contributed by atoms with E-state index in [9.17, 15) is 8.42 Å². The fraction of sp³-hybridized carbons (Fsp3) is 0.208. The van der Waals surface area contributed by atoms with Crippen LogP contribution in [0, 0.1) is 0 Å². The Bertz CT molecular complexity index is 1350. The van der Waals surface area contributed by atoms with E-state index >= 15 is 0 Å². The van der Waals surface area contributed by atoms with Crippen molar-refractivity contribution in [1.82, 2.24) is 9.29 Å². The number of sulfonamides is 1. The van der Waals surface area contributed by atoms with Crippen molar-refractivity contribution < 1.29 is 8.42 Å². The van der Waals surface area contributed by atoms with Gasteiger partial charge >= 0.3 is 0 Å². The van der Waals surface area contributed by atoms with E-state index in [1.165, 1.54) is 0 Å². The Kier molecular flexibility index (Phi) is 5.11. The molecule has 0 amide bonds. The number of nitrogens with zero attached hydrogens (tertiary/aromatic N) is 2. The summed E-state index contributed by atoms with van der Waals surface area (Å²) in [4.78, 5) is 5.03. The molecule has 2 heterocycles. The van der Waals surface area contributed by atoms with Crippen LogP contribution in [0.3, 0.4) is 0 Å². The van der Waals surface area contributed by atoms with Crippen LogP contribution in [-0.2, 0) is 10.0 Å². The van der Waals surface area contributed by atoms with Crippen LogP contribution in [0.4, 0.5) is 22.7 Å². The standard InChI is InChI=1S/C24H25N5O2S/c25-16-4-10-20-22(14-16)28-23-15-17(26)5-11-21(23)24(20)27-18-6-8-19(9-7-18)32(30,31)29-12-2-1-3-13-29/h4-11,14-15H,1-3,12-13,25-26H2,(H,27,28). The van der Waals surface area contributed by atoms with Crippen LogP contribution >= 0.6 is 0 Å². The number of rotatable bonds is 4. The summed E-state index contributed by atoms with van der Waals surface area (Å²) in [6, 6.07) is 18.1. The third kappa shape index (κ3) is 3.72. The van der Waals surface area contributed by atoms with Gasteiger partial charge in [0.15, 0.2) is 0 Å². The first-order valence-electron chi connectivity index (χ1n) is 10.7. The second-order valence-electron chi connectivity index (χ2n) is 8.15. The van der Waals surface area contributed by atoms with E-state index in [0.29, 0.717) is 29.4 Å².